The van der Waals surface area contributed by atoms with Crippen LogP contribution >= 0.6 is 0 Å². The summed E-state index contributed by atoms with van der Waals surface area (Å²) in [6, 6.07) is 3.33. The van der Waals surface area contributed by atoms with Crippen molar-refractivity contribution in [3.8, 4) is 11.5 Å². The zero-order valence-corrected chi connectivity index (χ0v) is 10.2. The third-order valence-electron chi connectivity index (χ3n) is 3.00. The Bertz CT molecular complexity index is 721. The molecule has 1 aliphatic heterocycles. The van der Waals surface area contributed by atoms with E-state index in [1.165, 1.54) is 12.1 Å². The zero-order chi connectivity index (χ0) is 14.3. The Morgan fingerprint density at radius 3 is 2.35 bits per heavy atom. The molecule has 0 unspecified atom stereocenters. The van der Waals surface area contributed by atoms with Crippen LogP contribution in [-0.4, -0.2) is 18.2 Å². The van der Waals surface area contributed by atoms with Crippen LogP contribution in [0.15, 0.2) is 23.0 Å². The lowest BCUT2D eigenvalue weighted by Crippen LogP contribution is -2.14. The van der Waals surface area contributed by atoms with Gasteiger partial charge in [-0.2, -0.15) is 13.2 Å². The molecule has 0 aliphatic carbocycles. The molecule has 1 N–H and O–H groups in total. The molecule has 0 bridgehead atoms. The van der Waals surface area contributed by atoms with Gasteiger partial charge < -0.3 is 14.5 Å². The molecule has 3 rings (SSSR count). The number of aromatic nitrogens is 1. The summed E-state index contributed by atoms with van der Waals surface area (Å²) in [6.07, 6.45) is -3.93. The number of hydrogen-bond acceptors (Lipinski definition) is 3. The highest BCUT2D eigenvalue weighted by molar-refractivity contribution is 5.82. The van der Waals surface area contributed by atoms with Crippen molar-refractivity contribution >= 4 is 10.9 Å². The van der Waals surface area contributed by atoms with Crippen molar-refractivity contribution < 1.29 is 22.6 Å². The van der Waals surface area contributed by atoms with Gasteiger partial charge in [0.25, 0.3) is 0 Å². The highest BCUT2D eigenvalue weighted by Crippen LogP contribution is 2.34. The summed E-state index contributed by atoms with van der Waals surface area (Å²) in [6.45, 7) is 0.860. The number of halogens is 3. The third-order valence-corrected chi connectivity index (χ3v) is 3.00. The summed E-state index contributed by atoms with van der Waals surface area (Å²) in [5.41, 5.74) is -1.71. The van der Waals surface area contributed by atoms with E-state index in [1.807, 2.05) is 0 Å². The molecule has 1 aromatic carbocycles. The van der Waals surface area contributed by atoms with E-state index in [1.54, 1.807) is 0 Å². The highest BCUT2D eigenvalue weighted by Gasteiger charge is 2.32. The summed E-state index contributed by atoms with van der Waals surface area (Å²) < 4.78 is 48.8. The Labute approximate surface area is 111 Å². The SMILES string of the molecule is O=c1cc(C(F)(F)F)[nH]c2cc3c(cc12)OCCCO3. The predicted octanol–water partition coefficient (Wildman–Crippen LogP) is 2.71. The molecule has 1 aromatic heterocycles. The van der Waals surface area contributed by atoms with Crippen LogP contribution in [0, 0.1) is 0 Å². The Morgan fingerprint density at radius 2 is 1.70 bits per heavy atom. The molecule has 1 aliphatic rings. The van der Waals surface area contributed by atoms with Crippen LogP contribution in [0.3, 0.4) is 0 Å². The topological polar surface area (TPSA) is 51.3 Å². The number of ether oxygens (including phenoxy) is 2. The second kappa shape index (κ2) is 4.43. The lowest BCUT2D eigenvalue weighted by atomic mass is 10.1. The minimum absolute atomic E-state index is 0.0778. The zero-order valence-electron chi connectivity index (χ0n) is 10.2. The number of rotatable bonds is 0. The fraction of sp³-hybridized carbons (Fsp3) is 0.308. The van der Waals surface area contributed by atoms with Gasteiger partial charge in [-0.1, -0.05) is 0 Å². The van der Waals surface area contributed by atoms with Crippen molar-refractivity contribution in [1.29, 1.82) is 0 Å². The molecule has 0 amide bonds. The number of benzene rings is 1. The van der Waals surface area contributed by atoms with E-state index < -0.39 is 17.3 Å². The number of alkyl halides is 3. The Kier molecular flexibility index (Phi) is 2.84. The van der Waals surface area contributed by atoms with Gasteiger partial charge >= 0.3 is 6.18 Å². The second-order valence-electron chi connectivity index (χ2n) is 4.44. The van der Waals surface area contributed by atoms with Crippen LogP contribution in [0.2, 0.25) is 0 Å². The predicted molar refractivity (Wildman–Crippen MR) is 65.2 cm³/mol. The van der Waals surface area contributed by atoms with Crippen LogP contribution in [0.4, 0.5) is 13.2 Å². The van der Waals surface area contributed by atoms with Crippen LogP contribution in [0.5, 0.6) is 11.5 Å². The minimum Gasteiger partial charge on any atom is -0.490 e. The molecule has 0 saturated heterocycles. The standard InChI is InChI=1S/C13H10F3NO3/c14-13(15,16)12-6-9(18)7-4-10-11(5-8(7)17-12)20-3-1-2-19-10/h4-6H,1-3H2,(H,17,18). The van der Waals surface area contributed by atoms with Gasteiger partial charge in [0.1, 0.15) is 5.69 Å². The fourth-order valence-electron chi connectivity index (χ4n) is 2.06. The van der Waals surface area contributed by atoms with Crippen molar-refractivity contribution in [2.75, 3.05) is 13.2 Å². The van der Waals surface area contributed by atoms with Gasteiger partial charge in [-0.15, -0.1) is 0 Å². The molecule has 0 atom stereocenters. The monoisotopic (exact) mass is 285 g/mol. The molecule has 0 radical (unpaired) electrons. The molecular weight excluding hydrogens is 275 g/mol. The quantitative estimate of drug-likeness (QED) is 0.809. The van der Waals surface area contributed by atoms with Gasteiger partial charge in [0.05, 0.1) is 18.7 Å². The van der Waals surface area contributed by atoms with Gasteiger partial charge in [-0.3, -0.25) is 4.79 Å². The van der Waals surface area contributed by atoms with Gasteiger partial charge in [0.15, 0.2) is 16.9 Å². The fourth-order valence-corrected chi connectivity index (χ4v) is 2.06. The first-order valence-electron chi connectivity index (χ1n) is 5.99. The number of H-pyrrole nitrogens is 1. The van der Waals surface area contributed by atoms with Gasteiger partial charge in [0.2, 0.25) is 0 Å². The van der Waals surface area contributed by atoms with Crippen molar-refractivity contribution in [2.45, 2.75) is 12.6 Å². The summed E-state index contributed by atoms with van der Waals surface area (Å²) in [5.74, 6) is 0.713. The van der Waals surface area contributed by atoms with Gasteiger partial charge in [0, 0.05) is 23.9 Å². The smallest absolute Gasteiger partial charge is 0.431 e. The molecule has 106 valence electrons. The van der Waals surface area contributed by atoms with Crippen molar-refractivity contribution in [3.63, 3.8) is 0 Å². The maximum absolute atomic E-state index is 12.7. The van der Waals surface area contributed by atoms with Crippen molar-refractivity contribution in [3.05, 3.63) is 34.1 Å². The van der Waals surface area contributed by atoms with Crippen molar-refractivity contribution in [2.24, 2.45) is 0 Å². The largest absolute Gasteiger partial charge is 0.490 e. The number of nitrogens with one attached hydrogen (secondary N) is 1. The number of hydrogen-bond donors (Lipinski definition) is 1. The summed E-state index contributed by atoms with van der Waals surface area (Å²) in [7, 11) is 0. The normalized spacial score (nSPS) is 15.2. The van der Waals surface area contributed by atoms with Crippen molar-refractivity contribution in [1.82, 2.24) is 4.98 Å². The van der Waals surface area contributed by atoms with Crippen LogP contribution in [0.1, 0.15) is 12.1 Å². The molecule has 0 spiro atoms. The van der Waals surface area contributed by atoms with E-state index in [-0.39, 0.29) is 10.9 Å². The maximum atomic E-state index is 12.7. The summed E-state index contributed by atoms with van der Waals surface area (Å²) in [5, 5.41) is 0.141. The van der Waals surface area contributed by atoms with E-state index in [4.69, 9.17) is 9.47 Å². The van der Waals surface area contributed by atoms with E-state index in [9.17, 15) is 18.0 Å². The lowest BCUT2D eigenvalue weighted by molar-refractivity contribution is -0.141. The van der Waals surface area contributed by atoms with Crippen LogP contribution < -0.4 is 14.9 Å². The van der Waals surface area contributed by atoms with Gasteiger partial charge in [-0.05, 0) is 6.07 Å². The molecular formula is C13H10F3NO3. The van der Waals surface area contributed by atoms with Gasteiger partial charge in [-0.25, -0.2) is 0 Å². The molecule has 0 fully saturated rings. The average Bonchev–Trinajstić information content (AvgIpc) is 2.60. The van der Waals surface area contributed by atoms with E-state index in [0.29, 0.717) is 37.2 Å². The second-order valence-corrected chi connectivity index (χ2v) is 4.44. The summed E-state index contributed by atoms with van der Waals surface area (Å²) >= 11 is 0. The molecule has 2 heterocycles. The van der Waals surface area contributed by atoms with Crippen LogP contribution in [-0.2, 0) is 6.18 Å². The number of aromatic amines is 1. The first-order valence-corrected chi connectivity index (χ1v) is 5.99. The summed E-state index contributed by atoms with van der Waals surface area (Å²) in [4.78, 5) is 14.0. The maximum Gasteiger partial charge on any atom is 0.431 e. The first kappa shape index (κ1) is 12.8. The average molecular weight is 285 g/mol. The Balaban J connectivity index is 2.24. The molecule has 0 saturated carbocycles. The Morgan fingerprint density at radius 1 is 1.05 bits per heavy atom. The van der Waals surface area contributed by atoms with Crippen LogP contribution in [0.25, 0.3) is 10.9 Å². The number of fused-ring (bicyclic) bond motifs is 2. The molecule has 4 nitrogen and oxygen atoms in total. The van der Waals surface area contributed by atoms with E-state index in [2.05, 4.69) is 4.98 Å². The minimum atomic E-state index is -4.60. The molecule has 20 heavy (non-hydrogen) atoms. The first-order chi connectivity index (χ1) is 9.45. The highest BCUT2D eigenvalue weighted by atomic mass is 19.4. The van der Waals surface area contributed by atoms with E-state index in [0.717, 1.165) is 0 Å². The number of pyridine rings is 1. The molecule has 7 heteroatoms. The Hall–Kier alpha value is -2.18. The lowest BCUT2D eigenvalue weighted by Gasteiger charge is -2.11. The molecule has 2 aromatic rings. The third kappa shape index (κ3) is 2.19. The van der Waals surface area contributed by atoms with E-state index >= 15 is 0 Å².